The van der Waals surface area contributed by atoms with Crippen LogP contribution in [0.3, 0.4) is 0 Å². The lowest BCUT2D eigenvalue weighted by atomic mass is 10.1. The number of aromatic nitrogens is 2. The number of benzene rings is 2. The molecule has 0 aliphatic carbocycles. The van der Waals surface area contributed by atoms with Crippen molar-refractivity contribution in [3.63, 3.8) is 0 Å². The molecule has 1 aromatic heterocycles. The number of hydrogen-bond acceptors (Lipinski definition) is 5. The molecule has 0 N–H and O–H groups in total. The number of carbonyl (C=O) groups excluding carboxylic acids is 1. The van der Waals surface area contributed by atoms with Gasteiger partial charge in [0.05, 0.1) is 16.0 Å². The van der Waals surface area contributed by atoms with Crippen LogP contribution in [-0.4, -0.2) is 59.7 Å². The molecule has 1 amide bonds. The Morgan fingerprint density at radius 3 is 2.34 bits per heavy atom. The van der Waals surface area contributed by atoms with Gasteiger partial charge in [-0.15, -0.1) is 0 Å². The van der Waals surface area contributed by atoms with Crippen LogP contribution in [0.5, 0.6) is 0 Å². The van der Waals surface area contributed by atoms with Gasteiger partial charge in [0, 0.05) is 49.1 Å². The van der Waals surface area contributed by atoms with Crippen LogP contribution in [0.2, 0.25) is 0 Å². The van der Waals surface area contributed by atoms with Gasteiger partial charge in [0.1, 0.15) is 11.3 Å². The van der Waals surface area contributed by atoms with Gasteiger partial charge in [0.25, 0.3) is 5.91 Å². The Balaban J connectivity index is 1.53. The van der Waals surface area contributed by atoms with Crippen LogP contribution < -0.4 is 0 Å². The zero-order valence-electron chi connectivity index (χ0n) is 15.1. The van der Waals surface area contributed by atoms with E-state index in [1.54, 1.807) is 12.1 Å². The van der Waals surface area contributed by atoms with E-state index in [-0.39, 0.29) is 36.6 Å². The minimum absolute atomic E-state index is 0.123. The molecule has 0 saturated carbocycles. The van der Waals surface area contributed by atoms with Gasteiger partial charge in [0.2, 0.25) is 10.0 Å². The average Bonchev–Trinajstić information content (AvgIpc) is 2.73. The highest BCUT2D eigenvalue weighted by Crippen LogP contribution is 2.22. The second kappa shape index (κ2) is 7.77. The maximum atomic E-state index is 13.9. The molecule has 150 valence electrons. The summed E-state index contributed by atoms with van der Waals surface area (Å²) in [6.45, 7) is 0.714. The van der Waals surface area contributed by atoms with Crippen LogP contribution in [0, 0.1) is 5.82 Å². The Kier molecular flexibility index (Phi) is 5.32. The highest BCUT2D eigenvalue weighted by Gasteiger charge is 2.31. The predicted octanol–water partition coefficient (Wildman–Crippen LogP) is 2.68. The molecule has 1 aliphatic rings. The van der Waals surface area contributed by atoms with Crippen molar-refractivity contribution in [2.75, 3.05) is 26.2 Å². The molecule has 29 heavy (non-hydrogen) atoms. The fourth-order valence-electron chi connectivity index (χ4n) is 3.26. The number of nitrogens with zero attached hydrogens (tertiary/aromatic N) is 4. The Bertz CT molecular complexity index is 1180. The first-order valence-electron chi connectivity index (χ1n) is 8.81. The van der Waals surface area contributed by atoms with Crippen molar-refractivity contribution in [1.82, 2.24) is 19.2 Å². The van der Waals surface area contributed by atoms with Gasteiger partial charge in [-0.2, -0.15) is 4.31 Å². The Morgan fingerprint density at radius 1 is 1.00 bits per heavy atom. The largest absolute Gasteiger partial charge is 0.336 e. The Morgan fingerprint density at radius 2 is 1.66 bits per heavy atom. The molecule has 0 radical (unpaired) electrons. The number of rotatable bonds is 3. The summed E-state index contributed by atoms with van der Waals surface area (Å²) in [4.78, 5) is 22.9. The third kappa shape index (κ3) is 3.87. The number of carbonyl (C=O) groups is 1. The van der Waals surface area contributed by atoms with E-state index in [1.807, 2.05) is 0 Å². The first-order valence-corrected chi connectivity index (χ1v) is 11.0. The summed E-state index contributed by atoms with van der Waals surface area (Å²) in [5.74, 6) is -0.964. The minimum atomic E-state index is -3.64. The first kappa shape index (κ1) is 19.9. The molecule has 7 nitrogen and oxygen atoms in total. The molecule has 2 heterocycles. The smallest absolute Gasteiger partial charge is 0.256 e. The number of sulfonamides is 1. The summed E-state index contributed by atoms with van der Waals surface area (Å²) >= 11 is 3.29. The molecular formula is C19H16BrFN4O3S. The summed E-state index contributed by atoms with van der Waals surface area (Å²) in [6, 6.07) is 8.78. The predicted molar refractivity (Wildman–Crippen MR) is 108 cm³/mol. The van der Waals surface area contributed by atoms with Gasteiger partial charge in [-0.1, -0.05) is 15.9 Å². The molecule has 1 saturated heterocycles. The minimum Gasteiger partial charge on any atom is -0.336 e. The van der Waals surface area contributed by atoms with Gasteiger partial charge in [0.15, 0.2) is 0 Å². The molecule has 0 bridgehead atoms. The fourth-order valence-corrected chi connectivity index (χ4v) is 4.95. The van der Waals surface area contributed by atoms with E-state index in [0.717, 1.165) is 10.5 Å². The summed E-state index contributed by atoms with van der Waals surface area (Å²) < 4.78 is 41.7. The zero-order chi connectivity index (χ0) is 20.6. The molecule has 4 rings (SSSR count). The van der Waals surface area contributed by atoms with Crippen molar-refractivity contribution < 1.29 is 17.6 Å². The van der Waals surface area contributed by atoms with Gasteiger partial charge < -0.3 is 4.90 Å². The summed E-state index contributed by atoms with van der Waals surface area (Å²) in [5, 5.41) is 0. The normalized spacial score (nSPS) is 15.6. The van der Waals surface area contributed by atoms with E-state index in [1.165, 1.54) is 39.8 Å². The van der Waals surface area contributed by atoms with Gasteiger partial charge >= 0.3 is 0 Å². The van der Waals surface area contributed by atoms with E-state index in [0.29, 0.717) is 11.0 Å². The topological polar surface area (TPSA) is 83.5 Å². The van der Waals surface area contributed by atoms with E-state index >= 15 is 0 Å². The first-order chi connectivity index (χ1) is 13.9. The van der Waals surface area contributed by atoms with Crippen molar-refractivity contribution in [1.29, 1.82) is 0 Å². The lowest BCUT2D eigenvalue weighted by Gasteiger charge is -2.34. The van der Waals surface area contributed by atoms with Crippen LogP contribution in [0.1, 0.15) is 10.4 Å². The molecule has 1 aliphatic heterocycles. The maximum absolute atomic E-state index is 13.9. The van der Waals surface area contributed by atoms with Crippen molar-refractivity contribution in [2.24, 2.45) is 0 Å². The van der Waals surface area contributed by atoms with E-state index in [4.69, 9.17) is 0 Å². The lowest BCUT2D eigenvalue weighted by molar-refractivity contribution is 0.0699. The molecule has 3 aromatic rings. The van der Waals surface area contributed by atoms with Crippen molar-refractivity contribution in [3.05, 3.63) is 64.6 Å². The van der Waals surface area contributed by atoms with Crippen molar-refractivity contribution >= 4 is 42.9 Å². The third-order valence-electron chi connectivity index (χ3n) is 4.75. The number of piperazine rings is 1. The lowest BCUT2D eigenvalue weighted by Crippen LogP contribution is -2.50. The quantitative estimate of drug-likeness (QED) is 0.577. The second-order valence-electron chi connectivity index (χ2n) is 6.53. The van der Waals surface area contributed by atoms with Gasteiger partial charge in [-0.3, -0.25) is 14.8 Å². The van der Waals surface area contributed by atoms with Crippen LogP contribution >= 0.6 is 15.9 Å². The molecule has 1 fully saturated rings. The van der Waals surface area contributed by atoms with E-state index < -0.39 is 21.7 Å². The molecular weight excluding hydrogens is 463 g/mol. The summed E-state index contributed by atoms with van der Waals surface area (Å²) in [7, 11) is -3.64. The number of hydrogen-bond donors (Lipinski definition) is 0. The molecule has 0 spiro atoms. The second-order valence-corrected chi connectivity index (χ2v) is 9.38. The van der Waals surface area contributed by atoms with Crippen molar-refractivity contribution in [2.45, 2.75) is 4.90 Å². The van der Waals surface area contributed by atoms with Crippen LogP contribution in [0.25, 0.3) is 11.0 Å². The van der Waals surface area contributed by atoms with Gasteiger partial charge in [-0.25, -0.2) is 12.8 Å². The van der Waals surface area contributed by atoms with Gasteiger partial charge in [-0.05, 0) is 30.3 Å². The highest BCUT2D eigenvalue weighted by atomic mass is 79.9. The molecule has 2 aromatic carbocycles. The van der Waals surface area contributed by atoms with Crippen LogP contribution in [-0.2, 0) is 10.0 Å². The van der Waals surface area contributed by atoms with E-state index in [2.05, 4.69) is 25.9 Å². The Hall–Kier alpha value is -2.43. The number of fused-ring (bicyclic) bond motifs is 1. The number of halogens is 2. The summed E-state index contributed by atoms with van der Waals surface area (Å²) in [6.07, 6.45) is 2.88. The molecule has 0 unspecified atom stereocenters. The van der Waals surface area contributed by atoms with E-state index in [9.17, 15) is 17.6 Å². The SMILES string of the molecule is O=C(c1cc(F)cc2nccnc12)N1CCN(S(=O)(=O)c2ccc(Br)cc2)CC1. The zero-order valence-corrected chi connectivity index (χ0v) is 17.5. The molecule has 0 atom stereocenters. The number of amides is 1. The van der Waals surface area contributed by atoms with Crippen molar-refractivity contribution in [3.8, 4) is 0 Å². The Labute approximate surface area is 175 Å². The maximum Gasteiger partial charge on any atom is 0.256 e. The third-order valence-corrected chi connectivity index (χ3v) is 7.19. The fraction of sp³-hybridized carbons (Fsp3) is 0.211. The highest BCUT2D eigenvalue weighted by molar-refractivity contribution is 9.10. The monoisotopic (exact) mass is 478 g/mol. The average molecular weight is 479 g/mol. The molecule has 10 heteroatoms. The summed E-state index contributed by atoms with van der Waals surface area (Å²) in [5.41, 5.74) is 0.744. The van der Waals surface area contributed by atoms with Crippen LogP contribution in [0.15, 0.2) is 58.2 Å². The standard InChI is InChI=1S/C19H16BrFN4O3S/c20-13-1-3-15(4-2-13)29(27,28)25-9-7-24(8-10-25)19(26)16-11-14(21)12-17-18(16)23-6-5-22-17/h1-6,11-12H,7-10H2. The van der Waals surface area contributed by atoms with Crippen LogP contribution in [0.4, 0.5) is 4.39 Å².